The van der Waals surface area contributed by atoms with Gasteiger partial charge in [-0.25, -0.2) is 0 Å². The van der Waals surface area contributed by atoms with Crippen molar-refractivity contribution in [3.63, 3.8) is 0 Å². The summed E-state index contributed by atoms with van der Waals surface area (Å²) in [6.07, 6.45) is 0. The Morgan fingerprint density at radius 3 is 2.67 bits per heavy atom. The number of benzene rings is 2. The molecule has 0 fully saturated rings. The number of hydrogen-bond donors (Lipinski definition) is 1. The zero-order chi connectivity index (χ0) is 17.1. The maximum absolute atomic E-state index is 12.9. The lowest BCUT2D eigenvalue weighted by molar-refractivity contribution is 0.316. The monoisotopic (exact) mass is 344 g/mol. The van der Waals surface area contributed by atoms with Crippen LogP contribution >= 0.6 is 11.6 Å². The molecule has 1 aromatic heterocycles. The van der Waals surface area contributed by atoms with Crippen LogP contribution in [0.1, 0.15) is 13.8 Å². The Labute approximate surface area is 146 Å². The minimum Gasteiger partial charge on any atom is -0.456 e. The van der Waals surface area contributed by atoms with Crippen LogP contribution in [-0.4, -0.2) is 31.1 Å². The highest BCUT2D eigenvalue weighted by molar-refractivity contribution is 6.31. The van der Waals surface area contributed by atoms with E-state index in [0.29, 0.717) is 27.0 Å². The Balaban J connectivity index is 2.00. The van der Waals surface area contributed by atoms with Crippen LogP contribution < -0.4 is 10.7 Å². The number of anilines is 1. The molecule has 5 heteroatoms. The fourth-order valence-corrected chi connectivity index (χ4v) is 3.07. The zero-order valence-electron chi connectivity index (χ0n) is 13.9. The van der Waals surface area contributed by atoms with Crippen molar-refractivity contribution in [1.82, 2.24) is 4.90 Å². The van der Waals surface area contributed by atoms with Gasteiger partial charge in [-0.15, -0.1) is 0 Å². The molecule has 0 unspecified atom stereocenters. The lowest BCUT2D eigenvalue weighted by Crippen LogP contribution is -2.28. The van der Waals surface area contributed by atoms with Crippen LogP contribution in [0.5, 0.6) is 0 Å². The molecule has 24 heavy (non-hydrogen) atoms. The third-order valence-electron chi connectivity index (χ3n) is 4.30. The lowest BCUT2D eigenvalue weighted by Gasteiger charge is -2.18. The molecule has 0 saturated carbocycles. The average Bonchev–Trinajstić information content (AvgIpc) is 2.58. The van der Waals surface area contributed by atoms with Gasteiger partial charge in [-0.1, -0.05) is 31.5 Å². The number of hydrogen-bond acceptors (Lipinski definition) is 4. The number of likely N-dealkylation sites (N-methyl/N-ethyl adjacent to an activating group) is 1. The Hall–Kier alpha value is -2.04. The summed E-state index contributed by atoms with van der Waals surface area (Å²) >= 11 is 6.00. The van der Waals surface area contributed by atoms with Crippen molar-refractivity contribution in [2.75, 3.05) is 31.5 Å². The molecule has 1 N–H and O–H groups in total. The van der Waals surface area contributed by atoms with E-state index in [1.54, 1.807) is 18.2 Å². The normalized spacial score (nSPS) is 11.5. The Morgan fingerprint density at radius 1 is 1.12 bits per heavy atom. The fourth-order valence-electron chi connectivity index (χ4n) is 2.91. The van der Waals surface area contributed by atoms with E-state index in [9.17, 15) is 4.79 Å². The van der Waals surface area contributed by atoms with Gasteiger partial charge in [0.25, 0.3) is 0 Å². The smallest absolute Gasteiger partial charge is 0.202 e. The van der Waals surface area contributed by atoms with E-state index < -0.39 is 0 Å². The maximum Gasteiger partial charge on any atom is 0.202 e. The highest BCUT2D eigenvalue weighted by atomic mass is 35.5. The van der Waals surface area contributed by atoms with E-state index in [0.717, 1.165) is 31.9 Å². The summed E-state index contributed by atoms with van der Waals surface area (Å²) in [5.41, 5.74) is 1.86. The maximum atomic E-state index is 12.9. The first kappa shape index (κ1) is 16.8. The molecule has 1 heterocycles. The molecular weight excluding hydrogens is 324 g/mol. The van der Waals surface area contributed by atoms with Crippen LogP contribution in [0.4, 0.5) is 5.69 Å². The average molecular weight is 345 g/mol. The fraction of sp³-hybridized carbons (Fsp3) is 0.316. The quantitative estimate of drug-likeness (QED) is 0.675. The molecule has 0 aliphatic rings. The van der Waals surface area contributed by atoms with Crippen molar-refractivity contribution in [1.29, 1.82) is 0 Å². The predicted molar refractivity (Wildman–Crippen MR) is 101 cm³/mol. The minimum absolute atomic E-state index is 0.0335. The molecule has 0 saturated heterocycles. The molecule has 0 spiro atoms. The molecule has 0 radical (unpaired) electrons. The van der Waals surface area contributed by atoms with Crippen LogP contribution in [0.3, 0.4) is 0 Å². The first-order valence-corrected chi connectivity index (χ1v) is 8.63. The van der Waals surface area contributed by atoms with Gasteiger partial charge < -0.3 is 14.6 Å². The van der Waals surface area contributed by atoms with Gasteiger partial charge in [0.15, 0.2) is 0 Å². The Morgan fingerprint density at radius 2 is 1.92 bits per heavy atom. The SMILES string of the molecule is CCN(CC)CCNc1cccc2oc3cc(Cl)ccc3c(=O)c12. The third kappa shape index (κ3) is 3.25. The van der Waals surface area contributed by atoms with E-state index in [1.165, 1.54) is 0 Å². The molecule has 126 valence electrons. The second-order valence-electron chi connectivity index (χ2n) is 5.70. The van der Waals surface area contributed by atoms with Crippen LogP contribution in [-0.2, 0) is 0 Å². The van der Waals surface area contributed by atoms with Crippen LogP contribution in [0.25, 0.3) is 21.9 Å². The van der Waals surface area contributed by atoms with E-state index in [4.69, 9.17) is 16.0 Å². The van der Waals surface area contributed by atoms with Gasteiger partial charge in [-0.2, -0.15) is 0 Å². The first-order valence-electron chi connectivity index (χ1n) is 8.25. The molecule has 0 aliphatic carbocycles. The summed E-state index contributed by atoms with van der Waals surface area (Å²) < 4.78 is 5.88. The second-order valence-corrected chi connectivity index (χ2v) is 6.14. The molecule has 0 bridgehead atoms. The molecule has 2 aromatic carbocycles. The van der Waals surface area contributed by atoms with E-state index in [1.807, 2.05) is 18.2 Å². The summed E-state index contributed by atoms with van der Waals surface area (Å²) in [4.78, 5) is 15.2. The number of rotatable bonds is 6. The lowest BCUT2D eigenvalue weighted by atomic mass is 10.1. The third-order valence-corrected chi connectivity index (χ3v) is 4.53. The van der Waals surface area contributed by atoms with Crippen molar-refractivity contribution >= 4 is 39.2 Å². The topological polar surface area (TPSA) is 45.5 Å². The molecule has 3 rings (SSSR count). The van der Waals surface area contributed by atoms with E-state index in [2.05, 4.69) is 24.1 Å². The van der Waals surface area contributed by atoms with Crippen molar-refractivity contribution in [2.45, 2.75) is 13.8 Å². The van der Waals surface area contributed by atoms with Gasteiger partial charge in [0, 0.05) is 29.9 Å². The number of nitrogens with zero attached hydrogens (tertiary/aromatic N) is 1. The molecule has 0 aliphatic heterocycles. The highest BCUT2D eigenvalue weighted by Crippen LogP contribution is 2.25. The second kappa shape index (κ2) is 7.24. The van der Waals surface area contributed by atoms with Crippen molar-refractivity contribution in [2.24, 2.45) is 0 Å². The summed E-state index contributed by atoms with van der Waals surface area (Å²) in [6.45, 7) is 8.03. The van der Waals surface area contributed by atoms with Crippen molar-refractivity contribution in [3.05, 3.63) is 51.6 Å². The number of halogens is 1. The molecular formula is C19H21ClN2O2. The van der Waals surface area contributed by atoms with E-state index in [-0.39, 0.29) is 5.43 Å². The first-order chi connectivity index (χ1) is 11.6. The van der Waals surface area contributed by atoms with Crippen LogP contribution in [0, 0.1) is 0 Å². The van der Waals surface area contributed by atoms with Gasteiger partial charge >= 0.3 is 0 Å². The summed E-state index contributed by atoms with van der Waals surface area (Å²) in [6, 6.07) is 10.7. The summed E-state index contributed by atoms with van der Waals surface area (Å²) in [5, 5.41) is 5.07. The number of fused-ring (bicyclic) bond motifs is 2. The summed E-state index contributed by atoms with van der Waals surface area (Å²) in [5.74, 6) is 0. The Bertz CT molecular complexity index is 916. The highest BCUT2D eigenvalue weighted by Gasteiger charge is 2.12. The van der Waals surface area contributed by atoms with Gasteiger partial charge in [0.1, 0.15) is 11.2 Å². The minimum atomic E-state index is -0.0335. The molecule has 3 aromatic rings. The van der Waals surface area contributed by atoms with Crippen LogP contribution in [0.2, 0.25) is 5.02 Å². The van der Waals surface area contributed by atoms with Gasteiger partial charge in [-0.3, -0.25) is 4.79 Å². The van der Waals surface area contributed by atoms with Gasteiger partial charge in [-0.05, 0) is 37.4 Å². The largest absolute Gasteiger partial charge is 0.456 e. The van der Waals surface area contributed by atoms with Gasteiger partial charge in [0.05, 0.1) is 10.8 Å². The number of nitrogens with one attached hydrogen (secondary N) is 1. The molecule has 0 atom stereocenters. The Kier molecular flexibility index (Phi) is 5.07. The van der Waals surface area contributed by atoms with Gasteiger partial charge in [0.2, 0.25) is 5.43 Å². The van der Waals surface area contributed by atoms with Crippen LogP contribution in [0.15, 0.2) is 45.6 Å². The van der Waals surface area contributed by atoms with Crippen molar-refractivity contribution in [3.8, 4) is 0 Å². The molecule has 4 nitrogen and oxygen atoms in total. The van der Waals surface area contributed by atoms with Crippen molar-refractivity contribution < 1.29 is 4.42 Å². The zero-order valence-corrected chi connectivity index (χ0v) is 14.7. The predicted octanol–water partition coefficient (Wildman–Crippen LogP) is 4.35. The summed E-state index contributed by atoms with van der Waals surface area (Å²) in [7, 11) is 0. The van der Waals surface area contributed by atoms with E-state index >= 15 is 0 Å². The molecule has 0 amide bonds. The standard InChI is InChI=1S/C19H21ClN2O2/c1-3-22(4-2)11-10-21-15-6-5-7-16-18(15)19(23)14-9-8-13(20)12-17(14)24-16/h5-9,12,21H,3-4,10-11H2,1-2H3.